The lowest BCUT2D eigenvalue weighted by Gasteiger charge is -2.29. The van der Waals surface area contributed by atoms with Gasteiger partial charge in [0.25, 0.3) is 0 Å². The van der Waals surface area contributed by atoms with Gasteiger partial charge in [-0.2, -0.15) is 0 Å². The minimum Gasteiger partial charge on any atom is -0.384 e. The number of benzene rings is 2. The molecule has 0 aliphatic carbocycles. The van der Waals surface area contributed by atoms with E-state index < -0.39 is 27.8 Å². The molecular formula is C26H33N5O3S. The highest BCUT2D eigenvalue weighted by molar-refractivity contribution is 7.72. The molecule has 0 saturated heterocycles. The second-order valence-electron chi connectivity index (χ2n) is 8.78. The molecule has 0 aliphatic rings. The van der Waals surface area contributed by atoms with Crippen LogP contribution in [-0.4, -0.2) is 36.1 Å². The summed E-state index contributed by atoms with van der Waals surface area (Å²) in [6.45, 7) is 4.68. The zero-order valence-corrected chi connectivity index (χ0v) is 21.0. The van der Waals surface area contributed by atoms with Crippen molar-refractivity contribution >= 4 is 38.9 Å². The van der Waals surface area contributed by atoms with Crippen LogP contribution in [0.2, 0.25) is 0 Å². The van der Waals surface area contributed by atoms with E-state index in [0.717, 1.165) is 23.1 Å². The molecule has 0 fully saturated rings. The Kier molecular flexibility index (Phi) is 8.24. The first kappa shape index (κ1) is 26.3. The number of rotatable bonds is 12. The fraction of sp³-hybridized carbons (Fsp3) is 0.346. The highest BCUT2D eigenvalue weighted by atomic mass is 32.2. The molecule has 2 aromatic carbocycles. The van der Waals surface area contributed by atoms with Crippen LogP contribution in [0.15, 0.2) is 54.6 Å². The van der Waals surface area contributed by atoms with E-state index in [1.54, 1.807) is 30.3 Å². The van der Waals surface area contributed by atoms with Gasteiger partial charge in [0.05, 0.1) is 11.5 Å². The van der Waals surface area contributed by atoms with Gasteiger partial charge in [0.1, 0.15) is 22.1 Å². The number of aromatic nitrogens is 1. The first-order chi connectivity index (χ1) is 16.6. The van der Waals surface area contributed by atoms with E-state index in [4.69, 9.17) is 22.3 Å². The summed E-state index contributed by atoms with van der Waals surface area (Å²) in [5.41, 5.74) is 13.2. The van der Waals surface area contributed by atoms with E-state index in [0.29, 0.717) is 30.4 Å². The highest BCUT2D eigenvalue weighted by Crippen LogP contribution is 2.27. The Hall–Kier alpha value is -3.30. The lowest BCUT2D eigenvalue weighted by molar-refractivity contribution is -0.117. The molecule has 3 aromatic rings. The Morgan fingerprint density at radius 2 is 1.77 bits per heavy atom. The number of ketones is 1. The van der Waals surface area contributed by atoms with Crippen LogP contribution in [0, 0.1) is 16.7 Å². The molecular weight excluding hydrogens is 462 g/mol. The second-order valence-corrected chi connectivity index (χ2v) is 9.76. The maximum absolute atomic E-state index is 13.4. The van der Waals surface area contributed by atoms with Crippen LogP contribution in [0.5, 0.6) is 0 Å². The Labute approximate surface area is 207 Å². The number of hydrogen-bond donors (Lipinski definition) is 5. The summed E-state index contributed by atoms with van der Waals surface area (Å²) < 4.78 is 25.3. The van der Waals surface area contributed by atoms with E-state index in [-0.39, 0.29) is 17.5 Å². The van der Waals surface area contributed by atoms with Gasteiger partial charge in [-0.1, -0.05) is 49.4 Å². The Morgan fingerprint density at radius 3 is 2.34 bits per heavy atom. The van der Waals surface area contributed by atoms with Crippen LogP contribution in [0.25, 0.3) is 10.9 Å². The lowest BCUT2D eigenvalue weighted by Crippen LogP contribution is -2.52. The van der Waals surface area contributed by atoms with E-state index in [1.807, 2.05) is 32.0 Å². The number of hydrogen-bond acceptors (Lipinski definition) is 6. The largest absolute Gasteiger partial charge is 0.384 e. The molecule has 0 bridgehead atoms. The highest BCUT2D eigenvalue weighted by Gasteiger charge is 2.40. The SMILES string of the molecule is CC[C@@H](CCc1cc2ccc(C(=N)N)cc2n1CC)C(=N)C(=O)[C@@](N)(C[SH](=O)=O)c1ccccc1. The number of carbonyl (C=O) groups excluding carboxylic acids is 1. The third-order valence-corrected chi connectivity index (χ3v) is 7.34. The molecule has 186 valence electrons. The zero-order valence-electron chi connectivity index (χ0n) is 20.1. The number of nitrogens with two attached hydrogens (primary N) is 2. The molecule has 0 unspecified atom stereocenters. The van der Waals surface area contributed by atoms with Crippen molar-refractivity contribution in [2.75, 3.05) is 5.75 Å². The van der Waals surface area contributed by atoms with Crippen molar-refractivity contribution in [3.63, 3.8) is 0 Å². The predicted octanol–water partition coefficient (Wildman–Crippen LogP) is 2.96. The standard InChI is InChI=1S/C26H33N5O3S/c1-3-17(23(27)24(32)26(30,16-35(33)34)20-8-6-5-7-9-20)12-13-21-14-18-10-11-19(25(28)29)15-22(18)31(21)4-2/h5-11,14-15,17,27,35H,3-4,12-13,16,30H2,1-2H3,(H3,28,29)/t17-,26+/m0/s1. The van der Waals surface area contributed by atoms with Crippen molar-refractivity contribution in [1.29, 1.82) is 10.8 Å². The van der Waals surface area contributed by atoms with Gasteiger partial charge in [-0.15, -0.1) is 0 Å². The fourth-order valence-electron chi connectivity index (χ4n) is 4.59. The minimum atomic E-state index is -2.93. The van der Waals surface area contributed by atoms with Gasteiger partial charge in [0, 0.05) is 29.2 Å². The molecule has 0 aliphatic heterocycles. The molecule has 0 radical (unpaired) electrons. The van der Waals surface area contributed by atoms with Gasteiger partial charge in [0.15, 0.2) is 0 Å². The van der Waals surface area contributed by atoms with Crippen LogP contribution in [0.4, 0.5) is 0 Å². The van der Waals surface area contributed by atoms with Crippen molar-refractivity contribution < 1.29 is 13.2 Å². The van der Waals surface area contributed by atoms with E-state index in [9.17, 15) is 13.2 Å². The first-order valence-corrected chi connectivity index (χ1v) is 13.0. The minimum absolute atomic E-state index is 0.0128. The summed E-state index contributed by atoms with van der Waals surface area (Å²) in [7, 11) is -2.93. The number of nitrogen functional groups attached to an aromatic ring is 1. The van der Waals surface area contributed by atoms with E-state index >= 15 is 0 Å². The fourth-order valence-corrected chi connectivity index (χ4v) is 5.33. The normalized spacial score (nSPS) is 14.1. The number of nitrogens with zero attached hydrogens (tertiary/aromatic N) is 1. The number of thiol groups is 1. The number of carbonyl (C=O) groups is 1. The molecule has 0 saturated carbocycles. The molecule has 1 heterocycles. The first-order valence-electron chi connectivity index (χ1n) is 11.7. The summed E-state index contributed by atoms with van der Waals surface area (Å²) in [6.07, 6.45) is 1.73. The average molecular weight is 496 g/mol. The summed E-state index contributed by atoms with van der Waals surface area (Å²) in [4.78, 5) is 13.4. The van der Waals surface area contributed by atoms with Crippen molar-refractivity contribution in [2.45, 2.75) is 45.2 Å². The summed E-state index contributed by atoms with van der Waals surface area (Å²) in [5, 5.41) is 17.4. The molecule has 3 rings (SSSR count). The van der Waals surface area contributed by atoms with Crippen LogP contribution >= 0.6 is 0 Å². The van der Waals surface area contributed by atoms with E-state index in [2.05, 4.69) is 10.6 Å². The molecule has 0 amide bonds. The van der Waals surface area contributed by atoms with Gasteiger partial charge in [-0.25, -0.2) is 8.42 Å². The molecule has 6 N–H and O–H groups in total. The molecule has 8 nitrogen and oxygen atoms in total. The third-order valence-electron chi connectivity index (χ3n) is 6.58. The van der Waals surface area contributed by atoms with Gasteiger partial charge in [0.2, 0.25) is 5.78 Å². The molecule has 35 heavy (non-hydrogen) atoms. The number of fused-ring (bicyclic) bond motifs is 1. The van der Waals surface area contributed by atoms with Crippen LogP contribution < -0.4 is 11.5 Å². The summed E-state index contributed by atoms with van der Waals surface area (Å²) >= 11 is 0. The van der Waals surface area contributed by atoms with Crippen LogP contribution in [-0.2, 0) is 34.0 Å². The van der Waals surface area contributed by atoms with Gasteiger partial charge in [-0.3, -0.25) is 10.2 Å². The molecule has 2 atom stereocenters. The Balaban J connectivity index is 1.86. The Morgan fingerprint density at radius 1 is 1.09 bits per heavy atom. The maximum atomic E-state index is 13.4. The van der Waals surface area contributed by atoms with Gasteiger partial charge >= 0.3 is 0 Å². The summed E-state index contributed by atoms with van der Waals surface area (Å²) in [5.74, 6) is -1.56. The lowest BCUT2D eigenvalue weighted by atomic mass is 9.80. The number of aryl methyl sites for hydroxylation is 2. The van der Waals surface area contributed by atoms with Crippen molar-refractivity contribution in [3.8, 4) is 0 Å². The average Bonchev–Trinajstić information content (AvgIpc) is 3.20. The molecule has 0 spiro atoms. The Bertz CT molecular complexity index is 1320. The van der Waals surface area contributed by atoms with E-state index in [1.165, 1.54) is 0 Å². The number of amidine groups is 1. The summed E-state index contributed by atoms with van der Waals surface area (Å²) in [6, 6.07) is 16.2. The number of Topliss-reactive ketones (excluding diaryl/α,β-unsaturated/α-hetero) is 1. The number of nitrogens with one attached hydrogen (secondary N) is 2. The van der Waals surface area contributed by atoms with Crippen LogP contribution in [0.3, 0.4) is 0 Å². The third kappa shape index (κ3) is 5.52. The van der Waals surface area contributed by atoms with Crippen molar-refractivity contribution in [3.05, 3.63) is 71.4 Å². The predicted molar refractivity (Wildman–Crippen MR) is 141 cm³/mol. The maximum Gasteiger partial charge on any atom is 0.201 e. The molecule has 9 heteroatoms. The topological polar surface area (TPSA) is 156 Å². The quantitative estimate of drug-likeness (QED) is 0.148. The second kappa shape index (κ2) is 11.0. The molecule has 1 aromatic heterocycles. The van der Waals surface area contributed by atoms with Crippen molar-refractivity contribution in [1.82, 2.24) is 4.57 Å². The van der Waals surface area contributed by atoms with Crippen molar-refractivity contribution in [2.24, 2.45) is 17.4 Å². The zero-order chi connectivity index (χ0) is 25.8. The van der Waals surface area contributed by atoms with Gasteiger partial charge in [-0.05, 0) is 49.3 Å². The van der Waals surface area contributed by atoms with Gasteiger partial charge < -0.3 is 21.4 Å². The monoisotopic (exact) mass is 495 g/mol. The smallest absolute Gasteiger partial charge is 0.201 e. The van der Waals surface area contributed by atoms with Crippen LogP contribution in [0.1, 0.15) is 43.5 Å².